The van der Waals surface area contributed by atoms with Crippen LogP contribution >= 0.6 is 27.3 Å². The maximum Gasteiger partial charge on any atom is 0.312 e. The van der Waals surface area contributed by atoms with Crippen molar-refractivity contribution < 1.29 is 19.8 Å². The highest BCUT2D eigenvalue weighted by molar-refractivity contribution is 9.10. The summed E-state index contributed by atoms with van der Waals surface area (Å²) in [4.78, 5) is 21.8. The summed E-state index contributed by atoms with van der Waals surface area (Å²) in [5.41, 5.74) is 0. The molecule has 0 amide bonds. The van der Waals surface area contributed by atoms with E-state index >= 15 is 0 Å². The maximum atomic E-state index is 10.8. The van der Waals surface area contributed by atoms with E-state index in [-0.39, 0.29) is 0 Å². The van der Waals surface area contributed by atoms with Crippen LogP contribution in [-0.2, 0) is 9.59 Å². The summed E-state index contributed by atoms with van der Waals surface area (Å²) < 4.78 is 0.649. The van der Waals surface area contributed by atoms with Crippen LogP contribution in [0.25, 0.3) is 0 Å². The Balaban J connectivity index is 2.94. The number of aliphatic carboxylic acids is 2. The number of halogens is 1. The van der Waals surface area contributed by atoms with Gasteiger partial charge in [0, 0.05) is 9.35 Å². The molecule has 0 aliphatic carbocycles. The lowest BCUT2D eigenvalue weighted by atomic mass is 10.0. The van der Waals surface area contributed by atoms with Crippen molar-refractivity contribution in [3.8, 4) is 0 Å². The van der Waals surface area contributed by atoms with E-state index in [1.165, 1.54) is 11.3 Å². The fourth-order valence-corrected chi connectivity index (χ4v) is 2.76. The second-order valence-electron chi connectivity index (χ2n) is 2.62. The van der Waals surface area contributed by atoms with Crippen molar-refractivity contribution in [1.82, 2.24) is 0 Å². The zero-order chi connectivity index (χ0) is 10.7. The van der Waals surface area contributed by atoms with Crippen molar-refractivity contribution in [2.24, 2.45) is 0 Å². The van der Waals surface area contributed by atoms with Crippen LogP contribution in [0.15, 0.2) is 15.9 Å². The third-order valence-corrected chi connectivity index (χ3v) is 3.62. The van der Waals surface area contributed by atoms with E-state index in [0.29, 0.717) is 9.35 Å². The van der Waals surface area contributed by atoms with Gasteiger partial charge in [-0.1, -0.05) is 0 Å². The third kappa shape index (κ3) is 2.55. The zero-order valence-corrected chi connectivity index (χ0v) is 9.34. The van der Waals surface area contributed by atoms with E-state index < -0.39 is 24.3 Å². The average Bonchev–Trinajstić information content (AvgIpc) is 2.46. The molecule has 0 saturated heterocycles. The van der Waals surface area contributed by atoms with Crippen LogP contribution in [0.4, 0.5) is 0 Å². The van der Waals surface area contributed by atoms with Crippen LogP contribution in [0.5, 0.6) is 0 Å². The first-order valence-corrected chi connectivity index (χ1v) is 5.37. The van der Waals surface area contributed by atoms with Crippen LogP contribution in [0.2, 0.25) is 0 Å². The highest BCUT2D eigenvalue weighted by Crippen LogP contribution is 2.32. The summed E-state index contributed by atoms with van der Waals surface area (Å²) >= 11 is 4.42. The van der Waals surface area contributed by atoms with Crippen molar-refractivity contribution in [2.75, 3.05) is 0 Å². The van der Waals surface area contributed by atoms with Crippen LogP contribution in [0.1, 0.15) is 17.2 Å². The number of thiophene rings is 1. The third-order valence-electron chi connectivity index (χ3n) is 1.64. The van der Waals surface area contributed by atoms with Crippen molar-refractivity contribution in [1.29, 1.82) is 0 Å². The minimum Gasteiger partial charge on any atom is -0.481 e. The molecule has 0 radical (unpaired) electrons. The smallest absolute Gasteiger partial charge is 0.312 e. The highest BCUT2D eigenvalue weighted by atomic mass is 79.9. The van der Waals surface area contributed by atoms with Gasteiger partial charge >= 0.3 is 11.9 Å². The van der Waals surface area contributed by atoms with Crippen molar-refractivity contribution >= 4 is 39.2 Å². The molecule has 1 heterocycles. The molecule has 6 heteroatoms. The van der Waals surface area contributed by atoms with E-state index in [2.05, 4.69) is 15.9 Å². The maximum absolute atomic E-state index is 10.8. The van der Waals surface area contributed by atoms with Gasteiger partial charge in [-0.25, -0.2) is 0 Å². The first-order valence-electron chi connectivity index (χ1n) is 3.70. The molecule has 0 aromatic carbocycles. The molecular weight excluding hydrogens is 272 g/mol. The second-order valence-corrected chi connectivity index (χ2v) is 4.42. The first-order chi connectivity index (χ1) is 6.52. The van der Waals surface area contributed by atoms with Crippen LogP contribution < -0.4 is 0 Å². The minimum absolute atomic E-state index is 0.394. The van der Waals surface area contributed by atoms with Gasteiger partial charge in [-0.05, 0) is 27.4 Å². The molecule has 2 N–H and O–H groups in total. The molecule has 1 aromatic rings. The Morgan fingerprint density at radius 2 is 2.14 bits per heavy atom. The summed E-state index contributed by atoms with van der Waals surface area (Å²) in [6.45, 7) is 0. The Morgan fingerprint density at radius 1 is 1.50 bits per heavy atom. The van der Waals surface area contributed by atoms with Crippen LogP contribution in [-0.4, -0.2) is 22.2 Å². The topological polar surface area (TPSA) is 74.6 Å². The number of carboxylic acids is 2. The fraction of sp³-hybridized carbons (Fsp3) is 0.250. The van der Waals surface area contributed by atoms with E-state index in [1.54, 1.807) is 11.4 Å². The molecule has 0 bridgehead atoms. The predicted molar refractivity (Wildman–Crippen MR) is 54.6 cm³/mol. The molecule has 0 aliphatic heterocycles. The Labute approximate surface area is 92.3 Å². The molecule has 0 spiro atoms. The van der Waals surface area contributed by atoms with E-state index in [4.69, 9.17) is 10.2 Å². The molecular formula is C8H7BrO4S. The molecule has 0 fully saturated rings. The number of carboxylic acid groups (broad SMARTS) is 2. The molecule has 1 unspecified atom stereocenters. The van der Waals surface area contributed by atoms with Crippen LogP contribution in [0.3, 0.4) is 0 Å². The summed E-state index contributed by atoms with van der Waals surface area (Å²) in [5.74, 6) is -3.20. The minimum atomic E-state index is -1.12. The van der Waals surface area contributed by atoms with Crippen molar-refractivity contribution in [3.63, 3.8) is 0 Å². The van der Waals surface area contributed by atoms with E-state index in [1.807, 2.05) is 0 Å². The van der Waals surface area contributed by atoms with Gasteiger partial charge in [0.15, 0.2) is 0 Å². The molecule has 1 aromatic heterocycles. The SMILES string of the molecule is O=C(O)CC(C(=O)O)c1sccc1Br. The summed E-state index contributed by atoms with van der Waals surface area (Å²) in [6.07, 6.45) is -0.394. The molecule has 14 heavy (non-hydrogen) atoms. The summed E-state index contributed by atoms with van der Waals surface area (Å²) in [5, 5.41) is 19.1. The van der Waals surface area contributed by atoms with Crippen molar-refractivity contribution in [2.45, 2.75) is 12.3 Å². The quantitative estimate of drug-likeness (QED) is 0.885. The summed E-state index contributed by atoms with van der Waals surface area (Å²) in [6, 6.07) is 1.71. The molecule has 1 rings (SSSR count). The van der Waals surface area contributed by atoms with Gasteiger partial charge in [0.1, 0.15) is 5.92 Å². The standard InChI is InChI=1S/C8H7BrO4S/c9-5-1-2-14-7(5)4(8(12)13)3-6(10)11/h1-2,4H,3H2,(H,10,11)(H,12,13). The Morgan fingerprint density at radius 3 is 2.50 bits per heavy atom. The van der Waals surface area contributed by atoms with Gasteiger partial charge in [0.05, 0.1) is 6.42 Å². The fourth-order valence-electron chi connectivity index (χ4n) is 1.02. The van der Waals surface area contributed by atoms with Gasteiger partial charge in [-0.3, -0.25) is 9.59 Å². The zero-order valence-electron chi connectivity index (χ0n) is 6.94. The van der Waals surface area contributed by atoms with Gasteiger partial charge in [0.25, 0.3) is 0 Å². The van der Waals surface area contributed by atoms with Crippen molar-refractivity contribution in [3.05, 3.63) is 20.8 Å². The van der Waals surface area contributed by atoms with Crippen LogP contribution in [0, 0.1) is 0 Å². The lowest BCUT2D eigenvalue weighted by Crippen LogP contribution is -2.15. The Bertz CT molecular complexity index is 360. The number of rotatable bonds is 4. The number of carbonyl (C=O) groups is 2. The van der Waals surface area contributed by atoms with E-state index in [0.717, 1.165) is 0 Å². The Kier molecular flexibility index (Phi) is 3.65. The van der Waals surface area contributed by atoms with Gasteiger partial charge < -0.3 is 10.2 Å². The molecule has 1 atom stereocenters. The lowest BCUT2D eigenvalue weighted by Gasteiger charge is -2.07. The lowest BCUT2D eigenvalue weighted by molar-refractivity contribution is -0.145. The monoisotopic (exact) mass is 278 g/mol. The second kappa shape index (κ2) is 4.56. The average molecular weight is 279 g/mol. The largest absolute Gasteiger partial charge is 0.481 e. The van der Waals surface area contributed by atoms with E-state index in [9.17, 15) is 9.59 Å². The number of hydrogen-bond acceptors (Lipinski definition) is 3. The molecule has 0 saturated carbocycles. The normalized spacial score (nSPS) is 12.4. The molecule has 0 aliphatic rings. The molecule has 4 nitrogen and oxygen atoms in total. The van der Waals surface area contributed by atoms with Gasteiger partial charge in [0.2, 0.25) is 0 Å². The van der Waals surface area contributed by atoms with Gasteiger partial charge in [-0.15, -0.1) is 11.3 Å². The van der Waals surface area contributed by atoms with Gasteiger partial charge in [-0.2, -0.15) is 0 Å². The summed E-state index contributed by atoms with van der Waals surface area (Å²) in [7, 11) is 0. The Hall–Kier alpha value is -0.880. The number of hydrogen-bond donors (Lipinski definition) is 2. The highest BCUT2D eigenvalue weighted by Gasteiger charge is 2.25. The predicted octanol–water partition coefficient (Wildman–Crippen LogP) is 2.15. The molecule has 76 valence electrons. The first kappa shape index (κ1) is 11.2.